The van der Waals surface area contributed by atoms with Crippen LogP contribution >= 0.6 is 11.6 Å². The zero-order chi connectivity index (χ0) is 19.0. The Kier molecular flexibility index (Phi) is 8.68. The van der Waals surface area contributed by atoms with E-state index in [1.165, 1.54) is 17.7 Å². The Morgan fingerprint density at radius 3 is 2.52 bits per heavy atom. The van der Waals surface area contributed by atoms with Crippen molar-refractivity contribution < 1.29 is 17.9 Å². The molecule has 8 heteroatoms. The number of anilines is 1. The van der Waals surface area contributed by atoms with Crippen molar-refractivity contribution in [3.63, 3.8) is 0 Å². The first-order valence-electron chi connectivity index (χ1n) is 8.28. The highest BCUT2D eigenvalue weighted by Gasteiger charge is 2.18. The van der Waals surface area contributed by atoms with E-state index in [4.69, 9.17) is 16.3 Å². The molecule has 25 heavy (non-hydrogen) atoms. The third-order valence-electron chi connectivity index (χ3n) is 3.82. The molecule has 1 aromatic rings. The minimum atomic E-state index is -3.33. The highest BCUT2D eigenvalue weighted by atomic mass is 35.5. The maximum atomic E-state index is 12.2. The smallest absolute Gasteiger partial charge is 0.225 e. The number of amides is 1. The van der Waals surface area contributed by atoms with Gasteiger partial charge in [0.05, 0.1) is 19.1 Å². The van der Waals surface area contributed by atoms with Gasteiger partial charge in [-0.15, -0.1) is 0 Å². The van der Waals surface area contributed by atoms with Gasteiger partial charge in [-0.05, 0) is 25.0 Å². The second kappa shape index (κ2) is 9.99. The Labute approximate surface area is 155 Å². The zero-order valence-electron chi connectivity index (χ0n) is 15.3. The molecule has 0 saturated carbocycles. The van der Waals surface area contributed by atoms with Crippen LogP contribution in [0.5, 0.6) is 5.75 Å². The van der Waals surface area contributed by atoms with Crippen LogP contribution in [0.2, 0.25) is 5.02 Å². The lowest BCUT2D eigenvalue weighted by Gasteiger charge is -2.20. The average molecular weight is 391 g/mol. The molecule has 0 atom stereocenters. The maximum absolute atomic E-state index is 12.2. The second-order valence-electron chi connectivity index (χ2n) is 5.97. The van der Waals surface area contributed by atoms with E-state index in [9.17, 15) is 13.2 Å². The molecule has 0 aliphatic carbocycles. The fourth-order valence-electron chi connectivity index (χ4n) is 2.35. The number of hydrogen-bond donors (Lipinski definition) is 1. The molecule has 0 spiro atoms. The highest BCUT2D eigenvalue weighted by molar-refractivity contribution is 7.88. The van der Waals surface area contributed by atoms with Crippen molar-refractivity contribution in [1.82, 2.24) is 4.31 Å². The number of benzene rings is 1. The van der Waals surface area contributed by atoms with Crippen LogP contribution in [-0.2, 0) is 14.8 Å². The molecule has 6 nitrogen and oxygen atoms in total. The summed E-state index contributed by atoms with van der Waals surface area (Å²) in [6.07, 6.45) is 4.00. The largest absolute Gasteiger partial charge is 0.495 e. The van der Waals surface area contributed by atoms with Crippen molar-refractivity contribution in [2.75, 3.05) is 31.8 Å². The lowest BCUT2D eigenvalue weighted by molar-refractivity contribution is -0.116. The summed E-state index contributed by atoms with van der Waals surface area (Å²) in [6, 6.07) is 3.37. The van der Waals surface area contributed by atoms with E-state index in [0.717, 1.165) is 24.8 Å². The number of nitrogens with zero attached hydrogens (tertiary/aromatic N) is 1. The Morgan fingerprint density at radius 1 is 1.28 bits per heavy atom. The van der Waals surface area contributed by atoms with Gasteiger partial charge in [0.1, 0.15) is 5.75 Å². The summed E-state index contributed by atoms with van der Waals surface area (Å²) in [5, 5.41) is 3.31. The van der Waals surface area contributed by atoms with Gasteiger partial charge in [-0.25, -0.2) is 12.7 Å². The van der Waals surface area contributed by atoms with Crippen LogP contribution in [0.1, 0.15) is 38.2 Å². The van der Waals surface area contributed by atoms with Crippen molar-refractivity contribution in [3.8, 4) is 5.75 Å². The van der Waals surface area contributed by atoms with Crippen molar-refractivity contribution in [2.45, 2.75) is 39.5 Å². The van der Waals surface area contributed by atoms with Gasteiger partial charge in [0.2, 0.25) is 15.9 Å². The summed E-state index contributed by atoms with van der Waals surface area (Å²) in [5.74, 6) is 0.191. The molecule has 142 valence electrons. The molecule has 0 fully saturated rings. The Hall–Kier alpha value is -1.31. The van der Waals surface area contributed by atoms with Gasteiger partial charge in [0.15, 0.2) is 0 Å². The molecule has 0 aliphatic rings. The van der Waals surface area contributed by atoms with Gasteiger partial charge >= 0.3 is 0 Å². The normalized spacial score (nSPS) is 11.6. The molecular formula is C17H27ClN2O4S. The molecule has 1 rings (SSSR count). The van der Waals surface area contributed by atoms with Gasteiger partial charge in [-0.1, -0.05) is 31.4 Å². The molecule has 0 bridgehead atoms. The molecule has 0 aromatic heterocycles. The van der Waals surface area contributed by atoms with Gasteiger partial charge in [-0.2, -0.15) is 0 Å². The van der Waals surface area contributed by atoms with Crippen molar-refractivity contribution in [2.24, 2.45) is 0 Å². The Balaban J connectivity index is 2.71. The third-order valence-corrected chi connectivity index (χ3v) is 5.53. The topological polar surface area (TPSA) is 75.7 Å². The first-order valence-corrected chi connectivity index (χ1v) is 10.5. The first-order chi connectivity index (χ1) is 11.7. The number of aryl methyl sites for hydroxylation is 1. The maximum Gasteiger partial charge on any atom is 0.225 e. The summed E-state index contributed by atoms with van der Waals surface area (Å²) in [7, 11) is -1.83. The number of hydrogen-bond acceptors (Lipinski definition) is 4. The molecule has 0 saturated heterocycles. The summed E-state index contributed by atoms with van der Waals surface area (Å²) in [6.45, 7) is 4.48. The number of carbonyl (C=O) groups excluding carboxylic acids is 1. The predicted octanol–water partition coefficient (Wildman–Crippen LogP) is 3.44. The van der Waals surface area contributed by atoms with E-state index in [0.29, 0.717) is 23.0 Å². The number of ether oxygens (including phenoxy) is 1. The Bertz CT molecular complexity index is 692. The van der Waals surface area contributed by atoms with Crippen LogP contribution in [-0.4, -0.2) is 45.1 Å². The van der Waals surface area contributed by atoms with E-state index in [1.807, 2.05) is 6.92 Å². The third kappa shape index (κ3) is 7.22. The van der Waals surface area contributed by atoms with Crippen LogP contribution in [0.25, 0.3) is 0 Å². The van der Waals surface area contributed by atoms with Crippen LogP contribution in [0, 0.1) is 6.92 Å². The van der Waals surface area contributed by atoms with Crippen molar-refractivity contribution in [1.29, 1.82) is 0 Å². The molecule has 0 radical (unpaired) electrons. The molecule has 1 amide bonds. The molecule has 1 N–H and O–H groups in total. The molecule has 0 heterocycles. The standard InChI is InChI=1S/C17H27ClN2O4S/c1-5-6-7-9-20(25(4,22)23)10-8-17(21)19-15-11-13(2)14(18)12-16(15)24-3/h11-12H,5-10H2,1-4H3,(H,19,21). The molecule has 0 unspecified atom stereocenters. The second-order valence-corrected chi connectivity index (χ2v) is 8.36. The lowest BCUT2D eigenvalue weighted by Crippen LogP contribution is -2.33. The Morgan fingerprint density at radius 2 is 1.96 bits per heavy atom. The summed E-state index contributed by atoms with van der Waals surface area (Å²) in [4.78, 5) is 12.2. The fourth-order valence-corrected chi connectivity index (χ4v) is 3.39. The van der Waals surface area contributed by atoms with Crippen LogP contribution in [0.4, 0.5) is 5.69 Å². The van der Waals surface area contributed by atoms with Crippen LogP contribution < -0.4 is 10.1 Å². The van der Waals surface area contributed by atoms with E-state index in [2.05, 4.69) is 12.2 Å². The van der Waals surface area contributed by atoms with Gasteiger partial charge < -0.3 is 10.1 Å². The SMILES string of the molecule is CCCCCN(CCC(=O)Nc1cc(C)c(Cl)cc1OC)S(C)(=O)=O. The number of sulfonamides is 1. The predicted molar refractivity (Wildman–Crippen MR) is 102 cm³/mol. The number of methoxy groups -OCH3 is 1. The number of halogens is 1. The van der Waals surface area contributed by atoms with Crippen molar-refractivity contribution in [3.05, 3.63) is 22.7 Å². The fraction of sp³-hybridized carbons (Fsp3) is 0.588. The van der Waals surface area contributed by atoms with Gasteiger partial charge in [0.25, 0.3) is 0 Å². The minimum absolute atomic E-state index is 0.0734. The van der Waals surface area contributed by atoms with E-state index in [1.54, 1.807) is 12.1 Å². The van der Waals surface area contributed by atoms with E-state index < -0.39 is 10.0 Å². The van der Waals surface area contributed by atoms with Gasteiger partial charge in [-0.3, -0.25) is 4.79 Å². The number of rotatable bonds is 10. The van der Waals surface area contributed by atoms with Crippen LogP contribution in [0.3, 0.4) is 0 Å². The van der Waals surface area contributed by atoms with Gasteiger partial charge in [0, 0.05) is 30.6 Å². The number of carbonyl (C=O) groups is 1. The van der Waals surface area contributed by atoms with E-state index in [-0.39, 0.29) is 18.9 Å². The van der Waals surface area contributed by atoms with Crippen LogP contribution in [0.15, 0.2) is 12.1 Å². The van der Waals surface area contributed by atoms with Crippen molar-refractivity contribution >= 4 is 33.2 Å². The number of nitrogens with one attached hydrogen (secondary N) is 1. The average Bonchev–Trinajstić information content (AvgIpc) is 2.52. The lowest BCUT2D eigenvalue weighted by atomic mass is 10.2. The quantitative estimate of drug-likeness (QED) is 0.621. The highest BCUT2D eigenvalue weighted by Crippen LogP contribution is 2.31. The molecule has 0 aliphatic heterocycles. The number of unbranched alkanes of at least 4 members (excludes halogenated alkanes) is 2. The molecule has 1 aromatic carbocycles. The monoisotopic (exact) mass is 390 g/mol. The zero-order valence-corrected chi connectivity index (χ0v) is 16.8. The molecular weight excluding hydrogens is 364 g/mol. The summed E-state index contributed by atoms with van der Waals surface area (Å²) in [5.41, 5.74) is 1.33. The van der Waals surface area contributed by atoms with E-state index >= 15 is 0 Å². The minimum Gasteiger partial charge on any atom is -0.495 e. The summed E-state index contributed by atoms with van der Waals surface area (Å²) >= 11 is 6.05. The summed E-state index contributed by atoms with van der Waals surface area (Å²) < 4.78 is 30.3. The first kappa shape index (κ1) is 21.7.